The molecule has 0 saturated carbocycles. The monoisotopic (exact) mass is 400 g/mol. The number of ether oxygens (including phenoxy) is 1. The molecule has 6 nitrogen and oxygen atoms in total. The predicted octanol–water partition coefficient (Wildman–Crippen LogP) is 2.73. The number of halogens is 6. The van der Waals surface area contributed by atoms with Gasteiger partial charge in [-0.05, 0) is 18.2 Å². The Hall–Kier alpha value is -2.79. The standard InChI is InChI=1S/C15H14F6N2O4/c1-8(24)22-3-2-13(26)27-7-12(25)23-11-5-9(14(16,17)18)4-10(6-11)15(19,20)21/h4-6H,2-3,7H2,1H3,(H,22,24)(H,23,25). The smallest absolute Gasteiger partial charge is 0.416 e. The van der Waals surface area contributed by atoms with Crippen LogP contribution >= 0.6 is 0 Å². The molecular formula is C15H14F6N2O4. The fourth-order valence-electron chi connectivity index (χ4n) is 1.78. The molecule has 0 aliphatic rings. The lowest BCUT2D eigenvalue weighted by atomic mass is 10.1. The van der Waals surface area contributed by atoms with Gasteiger partial charge in [0.05, 0.1) is 17.5 Å². The molecule has 0 bridgehead atoms. The molecule has 2 amide bonds. The van der Waals surface area contributed by atoms with Gasteiger partial charge in [-0.3, -0.25) is 14.4 Å². The first-order valence-corrected chi connectivity index (χ1v) is 7.28. The van der Waals surface area contributed by atoms with Gasteiger partial charge in [0, 0.05) is 19.2 Å². The van der Waals surface area contributed by atoms with Crippen molar-refractivity contribution < 1.29 is 45.5 Å². The first-order chi connectivity index (χ1) is 12.3. The minimum absolute atomic E-state index is 0.0572. The third-order valence-corrected chi connectivity index (χ3v) is 2.94. The van der Waals surface area contributed by atoms with Gasteiger partial charge in [0.25, 0.3) is 5.91 Å². The molecule has 0 saturated heterocycles. The van der Waals surface area contributed by atoms with Gasteiger partial charge >= 0.3 is 18.3 Å². The average Bonchev–Trinajstić information content (AvgIpc) is 2.50. The van der Waals surface area contributed by atoms with Crippen LogP contribution in [0.4, 0.5) is 32.0 Å². The summed E-state index contributed by atoms with van der Waals surface area (Å²) < 4.78 is 80.8. The van der Waals surface area contributed by atoms with Gasteiger partial charge in [0.2, 0.25) is 5.91 Å². The minimum Gasteiger partial charge on any atom is -0.456 e. The van der Waals surface area contributed by atoms with E-state index >= 15 is 0 Å². The highest BCUT2D eigenvalue weighted by Crippen LogP contribution is 2.37. The maximum atomic E-state index is 12.7. The predicted molar refractivity (Wildman–Crippen MR) is 79.3 cm³/mol. The summed E-state index contributed by atoms with van der Waals surface area (Å²) in [5.41, 5.74) is -3.95. The van der Waals surface area contributed by atoms with Crippen LogP contribution in [0.1, 0.15) is 24.5 Å². The molecule has 0 radical (unpaired) electrons. The minimum atomic E-state index is -5.06. The van der Waals surface area contributed by atoms with Crippen LogP contribution in [0.3, 0.4) is 0 Å². The van der Waals surface area contributed by atoms with Crippen molar-refractivity contribution in [2.24, 2.45) is 0 Å². The van der Waals surface area contributed by atoms with E-state index < -0.39 is 53.6 Å². The Morgan fingerprint density at radius 2 is 1.48 bits per heavy atom. The van der Waals surface area contributed by atoms with Gasteiger partial charge in [0.15, 0.2) is 6.61 Å². The summed E-state index contributed by atoms with van der Waals surface area (Å²) in [7, 11) is 0. The van der Waals surface area contributed by atoms with Gasteiger partial charge in [-0.1, -0.05) is 0 Å². The number of hydrogen-bond donors (Lipinski definition) is 2. The highest BCUT2D eigenvalue weighted by atomic mass is 19.4. The van der Waals surface area contributed by atoms with Crippen molar-refractivity contribution >= 4 is 23.5 Å². The molecule has 1 aromatic rings. The average molecular weight is 400 g/mol. The van der Waals surface area contributed by atoms with E-state index in [1.165, 1.54) is 6.92 Å². The number of amides is 2. The molecule has 1 aromatic carbocycles. The molecule has 12 heteroatoms. The number of carbonyl (C=O) groups is 3. The lowest BCUT2D eigenvalue weighted by Crippen LogP contribution is -2.26. The summed E-state index contributed by atoms with van der Waals surface area (Å²) in [4.78, 5) is 33.5. The highest BCUT2D eigenvalue weighted by Gasteiger charge is 2.37. The van der Waals surface area contributed by atoms with E-state index in [0.29, 0.717) is 12.1 Å². The topological polar surface area (TPSA) is 84.5 Å². The number of alkyl halides is 6. The fourth-order valence-corrected chi connectivity index (χ4v) is 1.78. The Morgan fingerprint density at radius 1 is 0.963 bits per heavy atom. The second-order valence-electron chi connectivity index (χ2n) is 5.24. The Balaban J connectivity index is 2.75. The third kappa shape index (κ3) is 7.96. The zero-order valence-corrected chi connectivity index (χ0v) is 13.8. The molecule has 1 rings (SSSR count). The van der Waals surface area contributed by atoms with Gasteiger partial charge < -0.3 is 15.4 Å². The molecule has 150 valence electrons. The second-order valence-corrected chi connectivity index (χ2v) is 5.24. The summed E-state index contributed by atoms with van der Waals surface area (Å²) in [5, 5.41) is 4.10. The van der Waals surface area contributed by atoms with Gasteiger partial charge in [-0.15, -0.1) is 0 Å². The number of hydrogen-bond acceptors (Lipinski definition) is 4. The van der Waals surface area contributed by atoms with Crippen molar-refractivity contribution in [2.45, 2.75) is 25.7 Å². The van der Waals surface area contributed by atoms with Crippen LogP contribution < -0.4 is 10.6 Å². The van der Waals surface area contributed by atoms with Crippen molar-refractivity contribution in [3.05, 3.63) is 29.3 Å². The quantitative estimate of drug-likeness (QED) is 0.568. The molecule has 0 aromatic heterocycles. The van der Waals surface area contributed by atoms with Crippen LogP contribution in [0.2, 0.25) is 0 Å². The number of nitrogens with one attached hydrogen (secondary N) is 2. The van der Waals surface area contributed by atoms with E-state index in [1.54, 1.807) is 0 Å². The molecular weight excluding hydrogens is 386 g/mol. The molecule has 0 heterocycles. The maximum Gasteiger partial charge on any atom is 0.416 e. The Kier molecular flexibility index (Phi) is 7.20. The summed E-state index contributed by atoms with van der Waals surface area (Å²) in [6.07, 6.45) is -10.4. The number of anilines is 1. The van der Waals surface area contributed by atoms with Gasteiger partial charge in [-0.25, -0.2) is 0 Å². The van der Waals surface area contributed by atoms with E-state index in [1.807, 2.05) is 5.32 Å². The largest absolute Gasteiger partial charge is 0.456 e. The first kappa shape index (κ1) is 22.3. The molecule has 2 N–H and O–H groups in total. The molecule has 0 aliphatic heterocycles. The van der Waals surface area contributed by atoms with E-state index in [9.17, 15) is 40.7 Å². The molecule has 0 aliphatic carbocycles. The number of carbonyl (C=O) groups excluding carboxylic acids is 3. The maximum absolute atomic E-state index is 12.7. The number of benzene rings is 1. The van der Waals surface area contributed by atoms with Crippen LogP contribution in [-0.4, -0.2) is 30.9 Å². The molecule has 0 unspecified atom stereocenters. The zero-order valence-electron chi connectivity index (χ0n) is 13.8. The van der Waals surface area contributed by atoms with Crippen molar-refractivity contribution in [2.75, 3.05) is 18.5 Å². The molecule has 0 atom stereocenters. The van der Waals surface area contributed by atoms with Gasteiger partial charge in [-0.2, -0.15) is 26.3 Å². The van der Waals surface area contributed by atoms with Crippen LogP contribution in [0.25, 0.3) is 0 Å². The fraction of sp³-hybridized carbons (Fsp3) is 0.400. The third-order valence-electron chi connectivity index (χ3n) is 2.94. The lowest BCUT2D eigenvalue weighted by Gasteiger charge is -2.14. The molecule has 0 spiro atoms. The Morgan fingerprint density at radius 3 is 1.93 bits per heavy atom. The van der Waals surface area contributed by atoms with E-state index in [4.69, 9.17) is 0 Å². The number of rotatable bonds is 6. The Labute approximate surface area is 148 Å². The second kappa shape index (κ2) is 8.73. The zero-order chi connectivity index (χ0) is 20.8. The normalized spacial score (nSPS) is 11.7. The van der Waals surface area contributed by atoms with Crippen LogP contribution in [0, 0.1) is 0 Å². The van der Waals surface area contributed by atoms with Gasteiger partial charge in [0.1, 0.15) is 0 Å². The van der Waals surface area contributed by atoms with Crippen LogP contribution in [-0.2, 0) is 31.5 Å². The Bertz CT molecular complexity index is 683. The summed E-state index contributed by atoms with van der Waals surface area (Å²) in [6, 6.07) is 0.565. The van der Waals surface area contributed by atoms with Crippen molar-refractivity contribution in [1.82, 2.24) is 5.32 Å². The summed E-state index contributed by atoms with van der Waals surface area (Å²) >= 11 is 0. The summed E-state index contributed by atoms with van der Waals surface area (Å²) in [5.74, 6) is -2.42. The van der Waals surface area contributed by atoms with E-state index in [2.05, 4.69) is 10.1 Å². The highest BCUT2D eigenvalue weighted by molar-refractivity contribution is 5.93. The molecule has 0 fully saturated rings. The van der Waals surface area contributed by atoms with E-state index in [-0.39, 0.29) is 19.0 Å². The van der Waals surface area contributed by atoms with Crippen molar-refractivity contribution in [3.8, 4) is 0 Å². The van der Waals surface area contributed by atoms with Crippen molar-refractivity contribution in [3.63, 3.8) is 0 Å². The SMILES string of the molecule is CC(=O)NCCC(=O)OCC(=O)Nc1cc(C(F)(F)F)cc(C(F)(F)F)c1. The van der Waals surface area contributed by atoms with Crippen LogP contribution in [0.5, 0.6) is 0 Å². The molecule has 27 heavy (non-hydrogen) atoms. The first-order valence-electron chi connectivity index (χ1n) is 7.28. The lowest BCUT2D eigenvalue weighted by molar-refractivity contribution is -0.147. The van der Waals surface area contributed by atoms with Crippen molar-refractivity contribution in [1.29, 1.82) is 0 Å². The summed E-state index contributed by atoms with van der Waals surface area (Å²) in [6.45, 7) is 0.234. The van der Waals surface area contributed by atoms with E-state index in [0.717, 1.165) is 0 Å². The van der Waals surface area contributed by atoms with Crippen LogP contribution in [0.15, 0.2) is 18.2 Å². The number of esters is 1.